The van der Waals surface area contributed by atoms with Crippen molar-refractivity contribution in [2.24, 2.45) is 0 Å². The molecule has 0 aromatic heterocycles. The van der Waals surface area contributed by atoms with Crippen LogP contribution < -0.4 is 15.1 Å². The van der Waals surface area contributed by atoms with Crippen molar-refractivity contribution in [2.45, 2.75) is 29.4 Å². The fourth-order valence-electron chi connectivity index (χ4n) is 3.27. The number of carboxylic acid groups (broad SMARTS) is 1. The van der Waals surface area contributed by atoms with Crippen LogP contribution in [-0.2, 0) is 16.0 Å². The Morgan fingerprint density at radius 1 is 1.20 bits per heavy atom. The molecular formula is C21H22N2O6S. The molecule has 1 aliphatic heterocycles. The Kier molecular flexibility index (Phi) is 6.96. The lowest BCUT2D eigenvalue weighted by molar-refractivity contribution is -0.129. The zero-order chi connectivity index (χ0) is 21.7. The largest absolute Gasteiger partial charge is 0.497 e. The number of ether oxygens (including phenoxy) is 1. The number of hydrogen-bond acceptors (Lipinski definition) is 6. The molecule has 1 heterocycles. The van der Waals surface area contributed by atoms with Crippen molar-refractivity contribution in [2.75, 3.05) is 18.6 Å². The highest BCUT2D eigenvalue weighted by Crippen LogP contribution is 2.41. The number of carbonyl (C=O) groups excluding carboxylic acids is 2. The second-order valence-electron chi connectivity index (χ2n) is 6.79. The molecular weight excluding hydrogens is 408 g/mol. The molecule has 8 nitrogen and oxygen atoms in total. The van der Waals surface area contributed by atoms with E-state index in [1.54, 1.807) is 13.2 Å². The molecule has 2 amide bonds. The maximum absolute atomic E-state index is 13.0. The normalized spacial score (nSPS) is 15.5. The Bertz CT molecular complexity index is 947. The van der Waals surface area contributed by atoms with Crippen LogP contribution in [0.1, 0.15) is 28.8 Å². The van der Waals surface area contributed by atoms with E-state index in [0.717, 1.165) is 29.1 Å². The molecule has 30 heavy (non-hydrogen) atoms. The SMILES string of the molecule is COc1ccc(CCC[C@@H]2Sc3ccc(C(=O)O)cc3N(CC(=O)NO)C2=O)cc1. The van der Waals surface area contributed by atoms with Crippen LogP contribution in [0.4, 0.5) is 5.69 Å². The van der Waals surface area contributed by atoms with Gasteiger partial charge in [0.25, 0.3) is 5.91 Å². The number of fused-ring (bicyclic) bond motifs is 1. The number of hydroxylamine groups is 1. The number of anilines is 1. The molecule has 0 radical (unpaired) electrons. The molecule has 3 N–H and O–H groups in total. The first-order valence-electron chi connectivity index (χ1n) is 9.34. The predicted molar refractivity (Wildman–Crippen MR) is 111 cm³/mol. The van der Waals surface area contributed by atoms with Gasteiger partial charge in [0.2, 0.25) is 5.91 Å². The average molecular weight is 430 g/mol. The molecule has 0 bridgehead atoms. The Morgan fingerprint density at radius 3 is 2.57 bits per heavy atom. The first-order chi connectivity index (χ1) is 14.4. The van der Waals surface area contributed by atoms with Crippen molar-refractivity contribution in [3.05, 3.63) is 53.6 Å². The maximum atomic E-state index is 13.0. The highest BCUT2D eigenvalue weighted by molar-refractivity contribution is 8.01. The third-order valence-electron chi connectivity index (χ3n) is 4.82. The standard InChI is InChI=1S/C21H22N2O6S/c1-29-15-8-5-13(6-9-15)3-2-4-18-20(25)23(12-19(24)22-28)16-11-14(21(26)27)7-10-17(16)30-18/h5-11,18,28H,2-4,12H2,1H3,(H,22,24)(H,26,27)/t18-/m0/s1. The number of nitrogens with zero attached hydrogens (tertiary/aromatic N) is 1. The zero-order valence-corrected chi connectivity index (χ0v) is 17.1. The number of rotatable bonds is 8. The Morgan fingerprint density at radius 2 is 1.93 bits per heavy atom. The topological polar surface area (TPSA) is 116 Å². The fourth-order valence-corrected chi connectivity index (χ4v) is 4.52. The van der Waals surface area contributed by atoms with Crippen molar-refractivity contribution in [3.63, 3.8) is 0 Å². The summed E-state index contributed by atoms with van der Waals surface area (Å²) < 4.78 is 5.15. The molecule has 0 unspecified atom stereocenters. The summed E-state index contributed by atoms with van der Waals surface area (Å²) in [5.41, 5.74) is 3.04. The second-order valence-corrected chi connectivity index (χ2v) is 8.04. The maximum Gasteiger partial charge on any atom is 0.335 e. The lowest BCUT2D eigenvalue weighted by atomic mass is 10.1. The summed E-state index contributed by atoms with van der Waals surface area (Å²) in [6.07, 6.45) is 2.14. The minimum Gasteiger partial charge on any atom is -0.497 e. The summed E-state index contributed by atoms with van der Waals surface area (Å²) in [5, 5.41) is 17.7. The fraction of sp³-hybridized carbons (Fsp3) is 0.286. The third-order valence-corrected chi connectivity index (χ3v) is 6.15. The van der Waals surface area contributed by atoms with Gasteiger partial charge in [0.05, 0.1) is 23.6 Å². The van der Waals surface area contributed by atoms with E-state index in [0.29, 0.717) is 12.1 Å². The van der Waals surface area contributed by atoms with E-state index in [9.17, 15) is 19.5 Å². The van der Waals surface area contributed by atoms with Gasteiger partial charge in [0.1, 0.15) is 12.3 Å². The number of thioether (sulfide) groups is 1. The van der Waals surface area contributed by atoms with E-state index in [-0.39, 0.29) is 18.0 Å². The van der Waals surface area contributed by atoms with Crippen molar-refractivity contribution < 1.29 is 29.4 Å². The summed E-state index contributed by atoms with van der Waals surface area (Å²) in [7, 11) is 1.61. The van der Waals surface area contributed by atoms with E-state index < -0.39 is 17.1 Å². The van der Waals surface area contributed by atoms with Crippen molar-refractivity contribution in [1.29, 1.82) is 0 Å². The summed E-state index contributed by atoms with van der Waals surface area (Å²) in [6.45, 7) is -0.388. The molecule has 3 rings (SSSR count). The minimum atomic E-state index is -1.12. The lowest BCUT2D eigenvalue weighted by Crippen LogP contribution is -2.46. The van der Waals surface area contributed by atoms with Crippen molar-refractivity contribution >= 4 is 35.2 Å². The van der Waals surface area contributed by atoms with E-state index in [2.05, 4.69) is 0 Å². The van der Waals surface area contributed by atoms with Gasteiger partial charge in [0.15, 0.2) is 0 Å². The van der Waals surface area contributed by atoms with Crippen LogP contribution in [0.5, 0.6) is 5.75 Å². The number of methoxy groups -OCH3 is 1. The molecule has 0 saturated heterocycles. The molecule has 0 saturated carbocycles. The van der Waals surface area contributed by atoms with E-state index in [4.69, 9.17) is 9.94 Å². The van der Waals surface area contributed by atoms with Crippen LogP contribution in [0, 0.1) is 0 Å². The van der Waals surface area contributed by atoms with Crippen LogP contribution in [0.3, 0.4) is 0 Å². The van der Waals surface area contributed by atoms with Gasteiger partial charge in [-0.1, -0.05) is 12.1 Å². The Hall–Kier alpha value is -3.04. The number of aromatic carboxylic acids is 1. The van der Waals surface area contributed by atoms with Crippen LogP contribution in [0.2, 0.25) is 0 Å². The van der Waals surface area contributed by atoms with Gasteiger partial charge in [0, 0.05) is 4.90 Å². The molecule has 2 aromatic carbocycles. The molecule has 158 valence electrons. The van der Waals surface area contributed by atoms with Crippen LogP contribution >= 0.6 is 11.8 Å². The molecule has 1 atom stereocenters. The zero-order valence-electron chi connectivity index (χ0n) is 16.3. The number of amides is 2. The molecule has 0 fully saturated rings. The minimum absolute atomic E-state index is 0.0227. The predicted octanol–water partition coefficient (Wildman–Crippen LogP) is 2.73. The quantitative estimate of drug-likeness (QED) is 0.436. The summed E-state index contributed by atoms with van der Waals surface area (Å²) >= 11 is 1.37. The van der Waals surface area contributed by atoms with Crippen LogP contribution in [0.25, 0.3) is 0 Å². The first kappa shape index (κ1) is 21.7. The summed E-state index contributed by atoms with van der Waals surface area (Å²) in [5.74, 6) is -1.37. The molecule has 0 aliphatic carbocycles. The number of hydrogen-bond donors (Lipinski definition) is 3. The number of aryl methyl sites for hydroxylation is 1. The van der Waals surface area contributed by atoms with Crippen LogP contribution in [-0.4, -0.2) is 47.0 Å². The van der Waals surface area contributed by atoms with E-state index >= 15 is 0 Å². The van der Waals surface area contributed by atoms with Gasteiger partial charge in [-0.2, -0.15) is 0 Å². The third kappa shape index (κ3) is 4.92. The summed E-state index contributed by atoms with van der Waals surface area (Å²) in [6, 6.07) is 12.2. The van der Waals surface area contributed by atoms with Gasteiger partial charge in [-0.3, -0.25) is 14.8 Å². The van der Waals surface area contributed by atoms with Crippen LogP contribution in [0.15, 0.2) is 47.4 Å². The highest BCUT2D eigenvalue weighted by atomic mass is 32.2. The van der Waals surface area contributed by atoms with E-state index in [1.807, 2.05) is 24.3 Å². The van der Waals surface area contributed by atoms with Gasteiger partial charge in [-0.25, -0.2) is 10.3 Å². The Balaban J connectivity index is 1.75. The molecule has 0 spiro atoms. The van der Waals surface area contributed by atoms with Crippen molar-refractivity contribution in [3.8, 4) is 5.75 Å². The van der Waals surface area contributed by atoms with Crippen molar-refractivity contribution in [1.82, 2.24) is 5.48 Å². The smallest absolute Gasteiger partial charge is 0.335 e. The van der Waals surface area contributed by atoms with Gasteiger partial charge < -0.3 is 14.7 Å². The highest BCUT2D eigenvalue weighted by Gasteiger charge is 2.34. The number of carboxylic acids is 1. The van der Waals surface area contributed by atoms with E-state index in [1.165, 1.54) is 34.3 Å². The van der Waals surface area contributed by atoms with Gasteiger partial charge >= 0.3 is 5.97 Å². The monoisotopic (exact) mass is 430 g/mol. The number of carbonyl (C=O) groups is 3. The number of benzene rings is 2. The Labute approximate surface area is 177 Å². The molecule has 1 aliphatic rings. The lowest BCUT2D eigenvalue weighted by Gasteiger charge is -2.33. The van der Waals surface area contributed by atoms with Gasteiger partial charge in [-0.15, -0.1) is 11.8 Å². The first-order valence-corrected chi connectivity index (χ1v) is 10.2. The number of nitrogens with one attached hydrogen (secondary N) is 1. The second kappa shape index (κ2) is 9.64. The molecule has 2 aromatic rings. The summed E-state index contributed by atoms with van der Waals surface area (Å²) in [4.78, 5) is 38.0. The van der Waals surface area contributed by atoms with Gasteiger partial charge in [-0.05, 0) is 55.2 Å². The average Bonchev–Trinajstić information content (AvgIpc) is 2.76. The molecule has 9 heteroatoms.